The average Bonchev–Trinajstić information content (AvgIpc) is 2.77. The molecule has 0 heterocycles. The van der Waals surface area contributed by atoms with Crippen LogP contribution in [0.3, 0.4) is 0 Å². The quantitative estimate of drug-likeness (QED) is 0.666. The summed E-state index contributed by atoms with van der Waals surface area (Å²) in [5, 5.41) is 0. The first-order chi connectivity index (χ1) is 8.77. The van der Waals surface area contributed by atoms with Gasteiger partial charge in [0.1, 0.15) is 0 Å². The molecule has 0 aliphatic heterocycles. The molecule has 0 saturated carbocycles. The van der Waals surface area contributed by atoms with E-state index in [0.717, 1.165) is 36.0 Å². The Bertz CT molecular complexity index is 546. The number of Topliss-reactive ketones (excluding diaryl/α,β-unsaturated/α-hetero) is 1. The Morgan fingerprint density at radius 1 is 1.06 bits per heavy atom. The van der Waals surface area contributed by atoms with E-state index < -0.39 is 0 Å². The molecule has 1 aromatic rings. The van der Waals surface area contributed by atoms with E-state index >= 15 is 0 Å². The molecule has 1 nitrogen and oxygen atoms in total. The van der Waals surface area contributed by atoms with Gasteiger partial charge in [0.2, 0.25) is 0 Å². The second kappa shape index (κ2) is 4.56. The lowest BCUT2D eigenvalue weighted by atomic mass is 9.94. The molecule has 0 bridgehead atoms. The molecular formula is C17H18O. The number of allylic oxidation sites excluding steroid dienone is 4. The van der Waals surface area contributed by atoms with Crippen molar-refractivity contribution in [3.8, 4) is 0 Å². The van der Waals surface area contributed by atoms with Gasteiger partial charge in [-0.15, -0.1) is 0 Å². The fraction of sp³-hybridized carbons (Fsp3) is 0.353. The molecule has 1 aromatic carbocycles. The molecule has 1 heteroatoms. The van der Waals surface area contributed by atoms with Gasteiger partial charge in [0.05, 0.1) is 0 Å². The zero-order chi connectivity index (χ0) is 12.5. The predicted octanol–water partition coefficient (Wildman–Crippen LogP) is 4.30. The Hall–Kier alpha value is -1.63. The SMILES string of the molecule is C/C(=C1/CC2=C(CCCC2)C1=O)c1ccccc1. The van der Waals surface area contributed by atoms with Gasteiger partial charge in [0.15, 0.2) is 5.78 Å². The molecule has 3 rings (SSSR count). The van der Waals surface area contributed by atoms with Gasteiger partial charge in [-0.05, 0) is 55.7 Å². The molecule has 0 unspecified atom stereocenters. The number of benzene rings is 1. The first-order valence-corrected chi connectivity index (χ1v) is 6.78. The van der Waals surface area contributed by atoms with Crippen molar-refractivity contribution in [3.05, 3.63) is 52.6 Å². The van der Waals surface area contributed by atoms with E-state index in [0.29, 0.717) is 5.78 Å². The fourth-order valence-corrected chi connectivity index (χ4v) is 3.08. The van der Waals surface area contributed by atoms with E-state index in [4.69, 9.17) is 0 Å². The minimum atomic E-state index is 0.325. The van der Waals surface area contributed by atoms with Crippen LogP contribution in [-0.2, 0) is 4.79 Å². The van der Waals surface area contributed by atoms with E-state index in [9.17, 15) is 4.79 Å². The van der Waals surface area contributed by atoms with Crippen LogP contribution in [0.5, 0.6) is 0 Å². The molecule has 0 N–H and O–H groups in total. The monoisotopic (exact) mass is 238 g/mol. The van der Waals surface area contributed by atoms with E-state index in [1.165, 1.54) is 24.0 Å². The Morgan fingerprint density at radius 2 is 1.78 bits per heavy atom. The summed E-state index contributed by atoms with van der Waals surface area (Å²) in [4.78, 5) is 12.4. The zero-order valence-corrected chi connectivity index (χ0v) is 10.8. The van der Waals surface area contributed by atoms with Gasteiger partial charge in [0.25, 0.3) is 0 Å². The summed E-state index contributed by atoms with van der Waals surface area (Å²) in [6.45, 7) is 2.08. The smallest absolute Gasteiger partial charge is 0.185 e. The topological polar surface area (TPSA) is 17.1 Å². The molecular weight excluding hydrogens is 220 g/mol. The average molecular weight is 238 g/mol. The molecule has 0 fully saturated rings. The van der Waals surface area contributed by atoms with E-state index in [-0.39, 0.29) is 0 Å². The number of hydrogen-bond acceptors (Lipinski definition) is 1. The van der Waals surface area contributed by atoms with Crippen molar-refractivity contribution in [3.63, 3.8) is 0 Å². The van der Waals surface area contributed by atoms with Gasteiger partial charge in [0, 0.05) is 5.57 Å². The Labute approximate surface area is 108 Å². The summed E-state index contributed by atoms with van der Waals surface area (Å²) >= 11 is 0. The third-order valence-electron chi connectivity index (χ3n) is 4.18. The zero-order valence-electron chi connectivity index (χ0n) is 10.8. The fourth-order valence-electron chi connectivity index (χ4n) is 3.08. The summed E-state index contributed by atoms with van der Waals surface area (Å²) in [5.74, 6) is 0.325. The number of carbonyl (C=O) groups excluding carboxylic acids is 1. The third kappa shape index (κ3) is 1.84. The summed E-state index contributed by atoms with van der Waals surface area (Å²) in [5.41, 5.74) is 5.92. The van der Waals surface area contributed by atoms with Crippen molar-refractivity contribution in [1.29, 1.82) is 0 Å². The minimum absolute atomic E-state index is 0.325. The third-order valence-corrected chi connectivity index (χ3v) is 4.18. The molecule has 0 aromatic heterocycles. The maximum atomic E-state index is 12.4. The number of rotatable bonds is 1. The molecule has 0 saturated heterocycles. The van der Waals surface area contributed by atoms with Gasteiger partial charge >= 0.3 is 0 Å². The second-order valence-corrected chi connectivity index (χ2v) is 5.26. The van der Waals surface area contributed by atoms with Crippen LogP contribution >= 0.6 is 0 Å². The Balaban J connectivity index is 1.98. The van der Waals surface area contributed by atoms with Crippen molar-refractivity contribution in [2.24, 2.45) is 0 Å². The molecule has 0 amide bonds. The molecule has 0 radical (unpaired) electrons. The largest absolute Gasteiger partial charge is 0.289 e. The van der Waals surface area contributed by atoms with E-state index in [1.54, 1.807) is 0 Å². The van der Waals surface area contributed by atoms with Gasteiger partial charge in [-0.1, -0.05) is 35.9 Å². The summed E-state index contributed by atoms with van der Waals surface area (Å²) < 4.78 is 0. The molecule has 92 valence electrons. The van der Waals surface area contributed by atoms with Gasteiger partial charge in [-0.3, -0.25) is 4.79 Å². The first kappa shape index (κ1) is 11.5. The summed E-state index contributed by atoms with van der Waals surface area (Å²) in [6.07, 6.45) is 5.47. The highest BCUT2D eigenvalue weighted by atomic mass is 16.1. The lowest BCUT2D eigenvalue weighted by Gasteiger charge is -2.10. The Morgan fingerprint density at radius 3 is 2.50 bits per heavy atom. The minimum Gasteiger partial charge on any atom is -0.289 e. The molecule has 2 aliphatic carbocycles. The van der Waals surface area contributed by atoms with Gasteiger partial charge < -0.3 is 0 Å². The van der Waals surface area contributed by atoms with E-state index in [2.05, 4.69) is 19.1 Å². The normalized spacial score (nSPS) is 22.2. The molecule has 0 spiro atoms. The number of hydrogen-bond donors (Lipinski definition) is 0. The molecule has 0 atom stereocenters. The van der Waals surface area contributed by atoms with Crippen molar-refractivity contribution in [1.82, 2.24) is 0 Å². The maximum absolute atomic E-state index is 12.4. The van der Waals surface area contributed by atoms with Crippen LogP contribution in [0.25, 0.3) is 5.57 Å². The van der Waals surface area contributed by atoms with Crippen LogP contribution < -0.4 is 0 Å². The van der Waals surface area contributed by atoms with Crippen LogP contribution in [0.2, 0.25) is 0 Å². The standard InChI is InChI=1S/C17H18O/c1-12(13-7-3-2-4-8-13)16-11-14-9-5-6-10-15(14)17(16)18/h2-4,7-8H,5-6,9-11H2,1H3/b16-12+. The van der Waals surface area contributed by atoms with Crippen molar-refractivity contribution in [2.75, 3.05) is 0 Å². The molecule has 18 heavy (non-hydrogen) atoms. The van der Waals surface area contributed by atoms with Crippen molar-refractivity contribution < 1.29 is 4.79 Å². The summed E-state index contributed by atoms with van der Waals surface area (Å²) in [7, 11) is 0. The maximum Gasteiger partial charge on any atom is 0.185 e. The highest BCUT2D eigenvalue weighted by molar-refractivity contribution is 6.16. The number of carbonyl (C=O) groups is 1. The van der Waals surface area contributed by atoms with Gasteiger partial charge in [-0.2, -0.15) is 0 Å². The van der Waals surface area contributed by atoms with Crippen molar-refractivity contribution >= 4 is 11.4 Å². The first-order valence-electron chi connectivity index (χ1n) is 6.78. The Kier molecular flexibility index (Phi) is 2.91. The van der Waals surface area contributed by atoms with Crippen LogP contribution in [0.1, 0.15) is 44.6 Å². The van der Waals surface area contributed by atoms with Crippen molar-refractivity contribution in [2.45, 2.75) is 39.0 Å². The highest BCUT2D eigenvalue weighted by Gasteiger charge is 2.30. The van der Waals surface area contributed by atoms with Crippen LogP contribution in [0, 0.1) is 0 Å². The number of ketones is 1. The molecule has 2 aliphatic rings. The highest BCUT2D eigenvalue weighted by Crippen LogP contribution is 2.40. The predicted molar refractivity (Wildman–Crippen MR) is 74.2 cm³/mol. The van der Waals surface area contributed by atoms with E-state index in [1.807, 2.05) is 18.2 Å². The van der Waals surface area contributed by atoms with Crippen LogP contribution in [0.15, 0.2) is 47.1 Å². The van der Waals surface area contributed by atoms with Crippen LogP contribution in [0.4, 0.5) is 0 Å². The lowest BCUT2D eigenvalue weighted by molar-refractivity contribution is -0.112. The second-order valence-electron chi connectivity index (χ2n) is 5.26. The lowest BCUT2D eigenvalue weighted by Crippen LogP contribution is -2.03. The van der Waals surface area contributed by atoms with Gasteiger partial charge in [-0.25, -0.2) is 0 Å². The van der Waals surface area contributed by atoms with Crippen LogP contribution in [-0.4, -0.2) is 5.78 Å². The summed E-state index contributed by atoms with van der Waals surface area (Å²) in [6, 6.07) is 10.3.